The van der Waals surface area contributed by atoms with Gasteiger partial charge in [-0.25, -0.2) is 9.37 Å². The number of hydrogen-bond donors (Lipinski definition) is 1. The van der Waals surface area contributed by atoms with Crippen molar-refractivity contribution in [3.8, 4) is 5.75 Å². The summed E-state index contributed by atoms with van der Waals surface area (Å²) < 4.78 is 23.2. The third-order valence-electron chi connectivity index (χ3n) is 7.05. The summed E-state index contributed by atoms with van der Waals surface area (Å²) in [6.45, 7) is 4.68. The number of fused-ring (bicyclic) bond motifs is 1. The molecule has 0 radical (unpaired) electrons. The number of aryl methyl sites for hydroxylation is 2. The minimum Gasteiger partial charge on any atom is -0.487 e. The molecule has 0 saturated heterocycles. The van der Waals surface area contributed by atoms with Crippen LogP contribution in [0.4, 0.5) is 4.39 Å². The lowest BCUT2D eigenvalue weighted by molar-refractivity contribution is -0.143. The van der Waals surface area contributed by atoms with Crippen molar-refractivity contribution in [3.05, 3.63) is 88.8 Å². The Balaban J connectivity index is 1.57. The number of carboxylic acids is 1. The van der Waals surface area contributed by atoms with Gasteiger partial charge < -0.3 is 14.4 Å². The van der Waals surface area contributed by atoms with Crippen molar-refractivity contribution < 1.29 is 19.0 Å². The van der Waals surface area contributed by atoms with Gasteiger partial charge in [0.1, 0.15) is 23.7 Å². The number of carboxylic acid groups (broad SMARTS) is 1. The first kappa shape index (κ1) is 24.0. The summed E-state index contributed by atoms with van der Waals surface area (Å²) in [6, 6.07) is 15.2. The zero-order chi connectivity index (χ0) is 25.2. The molecule has 186 valence electrons. The molecule has 0 spiro atoms. The third kappa shape index (κ3) is 4.96. The summed E-state index contributed by atoms with van der Waals surface area (Å²) in [6.07, 6.45) is 4.91. The summed E-state index contributed by atoms with van der Waals surface area (Å²) in [5.74, 6) is -1.07. The highest BCUT2D eigenvalue weighted by molar-refractivity contribution is 5.79. The number of pyridine rings is 1. The van der Waals surface area contributed by atoms with Crippen molar-refractivity contribution in [1.82, 2.24) is 14.5 Å². The number of aromatic nitrogens is 3. The maximum absolute atomic E-state index is 15.3. The summed E-state index contributed by atoms with van der Waals surface area (Å²) >= 11 is 0. The third-order valence-corrected chi connectivity index (χ3v) is 7.05. The molecule has 1 saturated carbocycles. The SMILES string of the molecule is Cc1ccc(Cn2c([C@@H]3CCCC[C@@H]3C(=O)O)nc3c(F)cc(OCc4ccc(C)cn4)cc32)cc1. The van der Waals surface area contributed by atoms with Crippen LogP contribution in [0.3, 0.4) is 0 Å². The van der Waals surface area contributed by atoms with Crippen LogP contribution in [0, 0.1) is 25.6 Å². The number of hydrogen-bond acceptors (Lipinski definition) is 4. The molecule has 7 heteroatoms. The van der Waals surface area contributed by atoms with E-state index in [-0.39, 0.29) is 18.0 Å². The zero-order valence-electron chi connectivity index (χ0n) is 20.6. The van der Waals surface area contributed by atoms with Crippen LogP contribution in [0.15, 0.2) is 54.7 Å². The second-order valence-corrected chi connectivity index (χ2v) is 9.77. The van der Waals surface area contributed by atoms with Crippen LogP contribution >= 0.6 is 0 Å². The van der Waals surface area contributed by atoms with E-state index in [1.807, 2.05) is 54.8 Å². The predicted octanol–water partition coefficient (Wildman–Crippen LogP) is 6.17. The van der Waals surface area contributed by atoms with Gasteiger partial charge in [-0.3, -0.25) is 9.78 Å². The first-order chi connectivity index (χ1) is 17.4. The number of halogens is 1. The van der Waals surface area contributed by atoms with Crippen molar-refractivity contribution in [2.45, 2.75) is 58.6 Å². The van der Waals surface area contributed by atoms with E-state index >= 15 is 4.39 Å². The monoisotopic (exact) mass is 487 g/mol. The van der Waals surface area contributed by atoms with Gasteiger partial charge in [-0.05, 0) is 43.9 Å². The molecule has 1 aliphatic carbocycles. The van der Waals surface area contributed by atoms with Gasteiger partial charge in [0.05, 0.1) is 17.1 Å². The van der Waals surface area contributed by atoms with E-state index in [1.165, 1.54) is 6.07 Å². The normalized spacial score (nSPS) is 17.9. The van der Waals surface area contributed by atoms with Crippen molar-refractivity contribution in [3.63, 3.8) is 0 Å². The van der Waals surface area contributed by atoms with Gasteiger partial charge >= 0.3 is 5.97 Å². The highest BCUT2D eigenvalue weighted by Crippen LogP contribution is 2.40. The maximum atomic E-state index is 15.3. The quantitative estimate of drug-likeness (QED) is 0.337. The molecular weight excluding hydrogens is 457 g/mol. The van der Waals surface area contributed by atoms with Gasteiger partial charge in [0, 0.05) is 30.8 Å². The molecule has 36 heavy (non-hydrogen) atoms. The minimum absolute atomic E-state index is 0.216. The number of aliphatic carboxylic acids is 1. The Labute approximate surface area is 209 Å². The standard InChI is InChI=1S/C29H30FN3O3/c1-18-7-10-20(11-8-18)16-33-26-14-22(36-17-21-12-9-19(2)15-31-21)13-25(30)27(26)32-28(33)23-5-3-4-6-24(23)29(34)35/h7-15,23-24H,3-6,16-17H2,1-2H3,(H,34,35)/t23-,24+/m1/s1. The fourth-order valence-electron chi connectivity index (χ4n) is 5.06. The average molecular weight is 488 g/mol. The van der Waals surface area contributed by atoms with E-state index in [0.717, 1.165) is 41.6 Å². The van der Waals surface area contributed by atoms with Crippen LogP contribution in [-0.4, -0.2) is 25.6 Å². The molecule has 1 fully saturated rings. The Hall–Kier alpha value is -3.74. The van der Waals surface area contributed by atoms with E-state index in [9.17, 15) is 9.90 Å². The number of imidazole rings is 1. The molecule has 2 aromatic carbocycles. The fourth-order valence-corrected chi connectivity index (χ4v) is 5.06. The topological polar surface area (TPSA) is 77.2 Å². The first-order valence-electron chi connectivity index (χ1n) is 12.4. The van der Waals surface area contributed by atoms with Crippen molar-refractivity contribution >= 4 is 17.0 Å². The van der Waals surface area contributed by atoms with Crippen LogP contribution in [0.25, 0.3) is 11.0 Å². The Morgan fingerprint density at radius 1 is 1.08 bits per heavy atom. The highest BCUT2D eigenvalue weighted by Gasteiger charge is 2.35. The van der Waals surface area contributed by atoms with Gasteiger partial charge in [0.2, 0.25) is 0 Å². The van der Waals surface area contributed by atoms with Gasteiger partial charge in [-0.1, -0.05) is 48.7 Å². The van der Waals surface area contributed by atoms with E-state index in [0.29, 0.717) is 30.1 Å². The van der Waals surface area contributed by atoms with E-state index < -0.39 is 17.7 Å². The Bertz CT molecular complexity index is 1380. The predicted molar refractivity (Wildman–Crippen MR) is 136 cm³/mol. The molecule has 4 aromatic rings. The molecule has 5 rings (SSSR count). The van der Waals surface area contributed by atoms with Gasteiger partial charge in [-0.15, -0.1) is 0 Å². The van der Waals surface area contributed by atoms with Crippen LogP contribution < -0.4 is 4.74 Å². The molecule has 1 N–H and O–H groups in total. The van der Waals surface area contributed by atoms with Crippen molar-refractivity contribution in [2.75, 3.05) is 0 Å². The number of benzene rings is 2. The Morgan fingerprint density at radius 2 is 1.83 bits per heavy atom. The molecule has 2 heterocycles. The van der Waals surface area contributed by atoms with E-state index in [2.05, 4.69) is 4.98 Å². The molecule has 0 unspecified atom stereocenters. The molecule has 0 bridgehead atoms. The van der Waals surface area contributed by atoms with Gasteiger partial charge in [-0.2, -0.15) is 0 Å². The van der Waals surface area contributed by atoms with Gasteiger partial charge in [0.15, 0.2) is 5.82 Å². The molecule has 0 amide bonds. The van der Waals surface area contributed by atoms with Crippen LogP contribution in [0.5, 0.6) is 5.75 Å². The van der Waals surface area contributed by atoms with Gasteiger partial charge in [0.25, 0.3) is 0 Å². The molecule has 1 aliphatic rings. The minimum atomic E-state index is -0.816. The van der Waals surface area contributed by atoms with Crippen LogP contribution in [-0.2, 0) is 17.9 Å². The second kappa shape index (κ2) is 10.1. The largest absolute Gasteiger partial charge is 0.487 e. The van der Waals surface area contributed by atoms with E-state index in [1.54, 1.807) is 12.3 Å². The molecular formula is C29H30FN3O3. The van der Waals surface area contributed by atoms with E-state index in [4.69, 9.17) is 9.72 Å². The van der Waals surface area contributed by atoms with Crippen molar-refractivity contribution in [1.29, 1.82) is 0 Å². The Morgan fingerprint density at radius 3 is 2.56 bits per heavy atom. The summed E-state index contributed by atoms with van der Waals surface area (Å²) in [4.78, 5) is 21.2. The second-order valence-electron chi connectivity index (χ2n) is 9.77. The molecule has 0 aliphatic heterocycles. The Kier molecular flexibility index (Phi) is 6.72. The lowest BCUT2D eigenvalue weighted by Crippen LogP contribution is -2.27. The lowest BCUT2D eigenvalue weighted by Gasteiger charge is -2.28. The smallest absolute Gasteiger partial charge is 0.307 e. The molecule has 2 aromatic heterocycles. The summed E-state index contributed by atoms with van der Waals surface area (Å²) in [5.41, 5.74) is 4.85. The number of rotatable bonds is 7. The molecule has 2 atom stereocenters. The summed E-state index contributed by atoms with van der Waals surface area (Å²) in [7, 11) is 0. The fraction of sp³-hybridized carbons (Fsp3) is 0.345. The average Bonchev–Trinajstić information content (AvgIpc) is 3.23. The maximum Gasteiger partial charge on any atom is 0.307 e. The highest BCUT2D eigenvalue weighted by atomic mass is 19.1. The number of carbonyl (C=O) groups is 1. The molecule has 6 nitrogen and oxygen atoms in total. The number of nitrogens with zero attached hydrogens (tertiary/aromatic N) is 3. The summed E-state index contributed by atoms with van der Waals surface area (Å²) in [5, 5.41) is 9.91. The lowest BCUT2D eigenvalue weighted by atomic mass is 9.78. The van der Waals surface area contributed by atoms with Crippen LogP contribution in [0.1, 0.15) is 59.8 Å². The van der Waals surface area contributed by atoms with Crippen molar-refractivity contribution in [2.24, 2.45) is 5.92 Å². The zero-order valence-corrected chi connectivity index (χ0v) is 20.6. The first-order valence-corrected chi connectivity index (χ1v) is 12.4. The van der Waals surface area contributed by atoms with Crippen LogP contribution in [0.2, 0.25) is 0 Å². The number of ether oxygens (including phenoxy) is 1.